The topological polar surface area (TPSA) is 37.4 Å². The van der Waals surface area contributed by atoms with Crippen molar-refractivity contribution in [3.63, 3.8) is 0 Å². The van der Waals surface area contributed by atoms with Crippen LogP contribution in [0.25, 0.3) is 0 Å². The van der Waals surface area contributed by atoms with Gasteiger partial charge in [-0.1, -0.05) is 20.8 Å². The van der Waals surface area contributed by atoms with Gasteiger partial charge in [0.15, 0.2) is 0 Å². The Morgan fingerprint density at radius 1 is 1.43 bits per heavy atom. The summed E-state index contributed by atoms with van der Waals surface area (Å²) in [5.41, 5.74) is 1.30. The molecule has 1 aliphatic carbocycles. The highest BCUT2D eigenvalue weighted by Crippen LogP contribution is 2.33. The number of ether oxygens (including phenoxy) is 1. The second kappa shape index (κ2) is 5.95. The van der Waals surface area contributed by atoms with Crippen LogP contribution in [0.15, 0.2) is 5.38 Å². The van der Waals surface area contributed by atoms with Crippen LogP contribution >= 0.6 is 11.3 Å². The molecule has 21 heavy (non-hydrogen) atoms. The summed E-state index contributed by atoms with van der Waals surface area (Å²) in [5.74, 6) is 0. The lowest BCUT2D eigenvalue weighted by Gasteiger charge is -2.38. The third kappa shape index (κ3) is 3.65. The van der Waals surface area contributed by atoms with E-state index in [4.69, 9.17) is 9.72 Å². The highest BCUT2D eigenvalue weighted by molar-refractivity contribution is 7.09. The number of hydrogen-bond acceptors (Lipinski definition) is 5. The van der Waals surface area contributed by atoms with Crippen molar-refractivity contribution in [2.45, 2.75) is 57.2 Å². The number of rotatable bonds is 4. The Bertz CT molecular complexity index is 478. The third-order valence-corrected chi connectivity index (χ3v) is 5.54. The lowest BCUT2D eigenvalue weighted by Crippen LogP contribution is -2.47. The van der Waals surface area contributed by atoms with Crippen molar-refractivity contribution in [1.29, 1.82) is 0 Å². The van der Waals surface area contributed by atoms with E-state index in [2.05, 4.69) is 43.4 Å². The molecule has 2 fully saturated rings. The fourth-order valence-electron chi connectivity index (χ4n) is 2.79. The van der Waals surface area contributed by atoms with Gasteiger partial charge in [0.05, 0.1) is 29.5 Å². The molecule has 1 aromatic rings. The summed E-state index contributed by atoms with van der Waals surface area (Å²) in [6, 6.07) is 0.999. The van der Waals surface area contributed by atoms with E-state index >= 15 is 0 Å². The molecule has 1 aromatic heterocycles. The van der Waals surface area contributed by atoms with Gasteiger partial charge < -0.3 is 10.1 Å². The quantitative estimate of drug-likeness (QED) is 0.927. The second-order valence-corrected chi connectivity index (χ2v) is 8.20. The van der Waals surface area contributed by atoms with Crippen molar-refractivity contribution in [2.75, 3.05) is 26.7 Å². The number of hydrogen-bond donors (Lipinski definition) is 1. The van der Waals surface area contributed by atoms with Crippen LogP contribution in [-0.2, 0) is 10.2 Å². The monoisotopic (exact) mass is 309 g/mol. The smallest absolute Gasteiger partial charge is 0.0982 e. The van der Waals surface area contributed by atoms with Crippen LogP contribution in [0.3, 0.4) is 0 Å². The molecule has 0 bridgehead atoms. The highest BCUT2D eigenvalue weighted by Gasteiger charge is 2.35. The fourth-order valence-corrected chi connectivity index (χ4v) is 3.72. The van der Waals surface area contributed by atoms with Crippen LogP contribution in [0, 0.1) is 0 Å². The van der Waals surface area contributed by atoms with Crippen LogP contribution in [-0.4, -0.2) is 48.8 Å². The van der Waals surface area contributed by atoms with Gasteiger partial charge in [0.2, 0.25) is 0 Å². The Hall–Kier alpha value is -0.490. The van der Waals surface area contributed by atoms with E-state index in [9.17, 15) is 0 Å². The zero-order chi connectivity index (χ0) is 15.0. The molecule has 0 amide bonds. The number of nitrogens with one attached hydrogen (secondary N) is 1. The lowest BCUT2D eigenvalue weighted by molar-refractivity contribution is -0.0627. The average Bonchev–Trinajstić information content (AvgIpc) is 3.10. The second-order valence-electron chi connectivity index (χ2n) is 7.34. The van der Waals surface area contributed by atoms with E-state index in [0.717, 1.165) is 25.7 Å². The zero-order valence-corrected chi connectivity index (χ0v) is 14.4. The van der Waals surface area contributed by atoms with E-state index in [1.807, 2.05) is 0 Å². The molecule has 2 heterocycles. The van der Waals surface area contributed by atoms with Crippen molar-refractivity contribution in [1.82, 2.24) is 15.2 Å². The first-order valence-electron chi connectivity index (χ1n) is 7.96. The SMILES string of the molecule is CN1CCOC(CNC2CC2)C1c1csc(C(C)(C)C)n1. The van der Waals surface area contributed by atoms with Crippen molar-refractivity contribution in [2.24, 2.45) is 0 Å². The molecule has 0 radical (unpaired) electrons. The zero-order valence-electron chi connectivity index (χ0n) is 13.6. The van der Waals surface area contributed by atoms with Crippen molar-refractivity contribution < 1.29 is 4.74 Å². The molecule has 2 aliphatic rings. The molecule has 1 saturated carbocycles. The Kier molecular flexibility index (Phi) is 4.37. The van der Waals surface area contributed by atoms with Crippen LogP contribution in [0.1, 0.15) is 50.4 Å². The molecule has 2 unspecified atom stereocenters. The molecular formula is C16H27N3OS. The molecule has 1 saturated heterocycles. The van der Waals surface area contributed by atoms with Gasteiger partial charge in [-0.25, -0.2) is 4.98 Å². The van der Waals surface area contributed by atoms with E-state index < -0.39 is 0 Å². The maximum absolute atomic E-state index is 6.05. The van der Waals surface area contributed by atoms with E-state index in [1.165, 1.54) is 23.5 Å². The van der Waals surface area contributed by atoms with Gasteiger partial charge in [-0.15, -0.1) is 11.3 Å². The number of nitrogens with zero attached hydrogens (tertiary/aromatic N) is 2. The fraction of sp³-hybridized carbons (Fsp3) is 0.812. The molecule has 4 nitrogen and oxygen atoms in total. The number of likely N-dealkylation sites (N-methyl/N-ethyl adjacent to an activating group) is 1. The maximum atomic E-state index is 6.05. The molecular weight excluding hydrogens is 282 g/mol. The van der Waals surface area contributed by atoms with Crippen molar-refractivity contribution in [3.8, 4) is 0 Å². The largest absolute Gasteiger partial charge is 0.374 e. The molecule has 5 heteroatoms. The molecule has 0 aromatic carbocycles. The van der Waals surface area contributed by atoms with E-state index in [0.29, 0.717) is 0 Å². The summed E-state index contributed by atoms with van der Waals surface area (Å²) < 4.78 is 6.05. The molecule has 1 aliphatic heterocycles. The molecule has 1 N–H and O–H groups in total. The minimum absolute atomic E-state index is 0.124. The minimum Gasteiger partial charge on any atom is -0.374 e. The third-order valence-electron chi connectivity index (χ3n) is 4.25. The van der Waals surface area contributed by atoms with E-state index in [1.54, 1.807) is 11.3 Å². The van der Waals surface area contributed by atoms with Gasteiger partial charge in [-0.2, -0.15) is 0 Å². The first kappa shape index (κ1) is 15.4. The van der Waals surface area contributed by atoms with Crippen LogP contribution in [0.4, 0.5) is 0 Å². The van der Waals surface area contributed by atoms with Crippen molar-refractivity contribution in [3.05, 3.63) is 16.1 Å². The maximum Gasteiger partial charge on any atom is 0.0982 e. The summed E-state index contributed by atoms with van der Waals surface area (Å²) in [5, 5.41) is 7.04. The number of thiazole rings is 1. The van der Waals surface area contributed by atoms with Crippen LogP contribution < -0.4 is 5.32 Å². The predicted molar refractivity (Wildman–Crippen MR) is 86.9 cm³/mol. The average molecular weight is 309 g/mol. The van der Waals surface area contributed by atoms with Gasteiger partial charge in [-0.3, -0.25) is 4.90 Å². The minimum atomic E-state index is 0.124. The number of aromatic nitrogens is 1. The number of morpholine rings is 1. The standard InChI is InChI=1S/C16H27N3OS/c1-16(2,3)15-18-12(10-21-15)14-13(9-17-11-5-6-11)20-8-7-19(14)4/h10-11,13-14,17H,5-9H2,1-4H3. The molecule has 3 rings (SSSR count). The van der Waals surface area contributed by atoms with Crippen LogP contribution in [0.5, 0.6) is 0 Å². The lowest BCUT2D eigenvalue weighted by atomic mass is 9.98. The Labute approximate surface area is 131 Å². The van der Waals surface area contributed by atoms with Gasteiger partial charge >= 0.3 is 0 Å². The van der Waals surface area contributed by atoms with Gasteiger partial charge in [0, 0.05) is 29.9 Å². The van der Waals surface area contributed by atoms with Gasteiger partial charge in [-0.05, 0) is 19.9 Å². The Balaban J connectivity index is 1.75. The van der Waals surface area contributed by atoms with Gasteiger partial charge in [0.1, 0.15) is 0 Å². The summed E-state index contributed by atoms with van der Waals surface area (Å²) in [6.45, 7) is 9.41. The predicted octanol–water partition coefficient (Wildman–Crippen LogP) is 2.56. The summed E-state index contributed by atoms with van der Waals surface area (Å²) in [6.07, 6.45) is 2.84. The summed E-state index contributed by atoms with van der Waals surface area (Å²) >= 11 is 1.78. The highest BCUT2D eigenvalue weighted by atomic mass is 32.1. The van der Waals surface area contributed by atoms with Crippen LogP contribution in [0.2, 0.25) is 0 Å². The Morgan fingerprint density at radius 2 is 2.19 bits per heavy atom. The van der Waals surface area contributed by atoms with Gasteiger partial charge in [0.25, 0.3) is 0 Å². The van der Waals surface area contributed by atoms with E-state index in [-0.39, 0.29) is 17.6 Å². The molecule has 2 atom stereocenters. The first-order valence-corrected chi connectivity index (χ1v) is 8.84. The summed E-state index contributed by atoms with van der Waals surface area (Å²) in [4.78, 5) is 7.31. The van der Waals surface area contributed by atoms with Crippen molar-refractivity contribution >= 4 is 11.3 Å². The Morgan fingerprint density at radius 3 is 2.81 bits per heavy atom. The normalized spacial score (nSPS) is 28.0. The molecule has 0 spiro atoms. The summed E-state index contributed by atoms with van der Waals surface area (Å²) in [7, 11) is 2.19. The molecule has 118 valence electrons. The first-order chi connectivity index (χ1) is 9.95.